The normalized spacial score (nSPS) is 24.0. The summed E-state index contributed by atoms with van der Waals surface area (Å²) in [6.45, 7) is 0.0144. The van der Waals surface area contributed by atoms with E-state index in [1.807, 2.05) is 0 Å². The summed E-state index contributed by atoms with van der Waals surface area (Å²) in [6.07, 6.45) is -0.482. The lowest BCUT2D eigenvalue weighted by Gasteiger charge is -2.27. The second kappa shape index (κ2) is 6.67. The summed E-state index contributed by atoms with van der Waals surface area (Å²) in [6, 6.07) is -2.01. The van der Waals surface area contributed by atoms with Gasteiger partial charge < -0.3 is 30.0 Å². The van der Waals surface area contributed by atoms with Crippen LogP contribution in [0.2, 0.25) is 0 Å². The van der Waals surface area contributed by atoms with Crippen LogP contribution in [-0.2, 0) is 14.7 Å². The van der Waals surface area contributed by atoms with Crippen LogP contribution in [0.3, 0.4) is 0 Å². The SMILES string of the molecule is N=C(N)NC[C@H](O)c1nnc([C@@H]2CC[C@@H]3CN2C(=O)N3OS(=O)(=O)[O-])o1.[H+]. The van der Waals surface area contributed by atoms with Crippen molar-refractivity contribution in [3.8, 4) is 0 Å². The van der Waals surface area contributed by atoms with Crippen LogP contribution in [0.1, 0.15) is 38.2 Å². The Kier molecular flexibility index (Phi) is 4.70. The molecule has 2 saturated heterocycles. The monoisotopic (exact) mass is 391 g/mol. The average molecular weight is 391 g/mol. The number of hydrogen-bond donors (Lipinski definition) is 4. The number of amides is 2. The van der Waals surface area contributed by atoms with E-state index in [1.54, 1.807) is 0 Å². The molecule has 2 amide bonds. The second-order valence-electron chi connectivity index (χ2n) is 5.78. The van der Waals surface area contributed by atoms with E-state index in [9.17, 15) is 22.9 Å². The van der Waals surface area contributed by atoms with E-state index in [2.05, 4.69) is 19.8 Å². The molecule has 26 heavy (non-hydrogen) atoms. The topological polar surface area (TPSA) is 211 Å². The molecule has 3 rings (SSSR count). The lowest BCUT2D eigenvalue weighted by Crippen LogP contribution is -2.35. The van der Waals surface area contributed by atoms with Gasteiger partial charge in [-0.3, -0.25) is 5.41 Å². The summed E-state index contributed by atoms with van der Waals surface area (Å²) in [5, 5.41) is 27.4. The van der Waals surface area contributed by atoms with Gasteiger partial charge in [0.1, 0.15) is 12.1 Å². The lowest BCUT2D eigenvalue weighted by atomic mass is 10.0. The van der Waals surface area contributed by atoms with Crippen molar-refractivity contribution in [2.75, 3.05) is 13.1 Å². The fourth-order valence-electron chi connectivity index (χ4n) is 2.89. The maximum absolute atomic E-state index is 12.3. The van der Waals surface area contributed by atoms with Crippen LogP contribution in [0.15, 0.2) is 4.42 Å². The van der Waals surface area contributed by atoms with Crippen molar-refractivity contribution < 1.29 is 33.0 Å². The number of piperidine rings is 1. The first-order chi connectivity index (χ1) is 12.2. The largest absolute Gasteiger partial charge is 1.00 e. The number of aliphatic hydroxyl groups is 1. The standard InChI is InChI=1S/C11H17N7O7S/c12-10(13)14-3-7(19)9-16-15-8(24-9)6-2-1-5-4-17(6)11(20)18(5)25-26(21,22)23/h5-7,19H,1-4H2,(H4,12,13,14)(H,21,22,23)/t5-,6+,7+/m1/s1. The van der Waals surface area contributed by atoms with Gasteiger partial charge in [-0.2, -0.15) is 9.35 Å². The van der Waals surface area contributed by atoms with Gasteiger partial charge in [0.25, 0.3) is 0 Å². The maximum Gasteiger partial charge on any atom is 1.00 e. The van der Waals surface area contributed by atoms with E-state index >= 15 is 0 Å². The Morgan fingerprint density at radius 3 is 2.96 bits per heavy atom. The van der Waals surface area contributed by atoms with Crippen LogP contribution >= 0.6 is 0 Å². The van der Waals surface area contributed by atoms with E-state index in [-0.39, 0.29) is 32.3 Å². The predicted octanol–water partition coefficient (Wildman–Crippen LogP) is -1.97. The van der Waals surface area contributed by atoms with Crippen molar-refractivity contribution in [3.63, 3.8) is 0 Å². The van der Waals surface area contributed by atoms with E-state index in [1.165, 1.54) is 4.90 Å². The molecule has 14 nitrogen and oxygen atoms in total. The highest BCUT2D eigenvalue weighted by Crippen LogP contribution is 2.38. The van der Waals surface area contributed by atoms with Crippen LogP contribution in [0.5, 0.6) is 0 Å². The molecule has 3 heterocycles. The zero-order valence-electron chi connectivity index (χ0n) is 14.2. The Labute approximate surface area is 148 Å². The van der Waals surface area contributed by atoms with Crippen molar-refractivity contribution in [3.05, 3.63) is 11.8 Å². The zero-order valence-corrected chi connectivity index (χ0v) is 14.0. The quantitative estimate of drug-likeness (QED) is 0.181. The molecule has 3 atom stereocenters. The number of carbonyl (C=O) groups excluding carboxylic acids is 1. The number of urea groups is 1. The van der Waals surface area contributed by atoms with Crippen LogP contribution in [-0.4, -0.2) is 69.4 Å². The van der Waals surface area contributed by atoms with E-state index in [4.69, 9.17) is 15.6 Å². The average Bonchev–Trinajstić information content (AvgIpc) is 3.12. The molecule has 2 aliphatic heterocycles. The number of aliphatic hydroxyl groups excluding tert-OH is 1. The Morgan fingerprint density at radius 2 is 2.31 bits per heavy atom. The highest BCUT2D eigenvalue weighted by molar-refractivity contribution is 7.80. The summed E-state index contributed by atoms with van der Waals surface area (Å²) in [4.78, 5) is 13.6. The second-order valence-corrected chi connectivity index (χ2v) is 6.74. The molecule has 5 N–H and O–H groups in total. The molecule has 0 unspecified atom stereocenters. The first-order valence-electron chi connectivity index (χ1n) is 7.50. The third-order valence-electron chi connectivity index (χ3n) is 4.01. The van der Waals surface area contributed by atoms with Gasteiger partial charge in [0.2, 0.25) is 22.2 Å². The molecule has 0 aliphatic carbocycles. The first kappa shape index (κ1) is 18.3. The Morgan fingerprint density at radius 1 is 1.58 bits per heavy atom. The van der Waals surface area contributed by atoms with E-state index in [0.29, 0.717) is 17.9 Å². The fourth-order valence-corrected chi connectivity index (χ4v) is 3.28. The number of hydroxylamine groups is 2. The van der Waals surface area contributed by atoms with Gasteiger partial charge in [0.05, 0.1) is 12.6 Å². The van der Waals surface area contributed by atoms with Gasteiger partial charge in [-0.25, -0.2) is 13.2 Å². The summed E-state index contributed by atoms with van der Waals surface area (Å²) in [5.74, 6) is -0.406. The number of nitrogens with zero attached hydrogens (tertiary/aromatic N) is 4. The first-order valence-corrected chi connectivity index (χ1v) is 8.83. The minimum absolute atomic E-state index is 0. The van der Waals surface area contributed by atoms with Gasteiger partial charge in [-0.15, -0.1) is 10.2 Å². The molecule has 2 aliphatic rings. The molecule has 2 bridgehead atoms. The molecule has 0 spiro atoms. The van der Waals surface area contributed by atoms with E-state index < -0.39 is 34.6 Å². The van der Waals surface area contributed by atoms with Gasteiger partial charge in [-0.1, -0.05) is 0 Å². The number of carbonyl (C=O) groups is 1. The number of rotatable bonds is 6. The molecule has 15 heteroatoms. The third-order valence-corrected chi connectivity index (χ3v) is 4.35. The summed E-state index contributed by atoms with van der Waals surface area (Å²) >= 11 is 0. The minimum Gasteiger partial charge on any atom is -0.724 e. The molecule has 2 fully saturated rings. The molecule has 0 saturated carbocycles. The summed E-state index contributed by atoms with van der Waals surface area (Å²) < 4.78 is 41.9. The Bertz CT molecular complexity index is 818. The number of fused-ring (bicyclic) bond motifs is 2. The molecule has 1 aromatic rings. The maximum atomic E-state index is 12.3. The molecule has 1 aromatic heterocycles. The van der Waals surface area contributed by atoms with E-state index in [0.717, 1.165) is 0 Å². The van der Waals surface area contributed by atoms with Crippen LogP contribution in [0.25, 0.3) is 0 Å². The van der Waals surface area contributed by atoms with Crippen LogP contribution in [0.4, 0.5) is 4.79 Å². The fraction of sp³-hybridized carbons (Fsp3) is 0.636. The van der Waals surface area contributed by atoms with Crippen molar-refractivity contribution in [2.45, 2.75) is 31.0 Å². The highest BCUT2D eigenvalue weighted by atomic mass is 32.3. The molecule has 0 radical (unpaired) electrons. The van der Waals surface area contributed by atoms with Crippen molar-refractivity contribution in [2.24, 2.45) is 5.73 Å². The van der Waals surface area contributed by atoms with Gasteiger partial charge in [0, 0.05) is 6.54 Å². The molecule has 0 aromatic carbocycles. The Balaban J connectivity index is 0.00000261. The number of hydrogen-bond acceptors (Lipinski definition) is 10. The number of nitrogens with one attached hydrogen (secondary N) is 2. The van der Waals surface area contributed by atoms with Gasteiger partial charge in [0.15, 0.2) is 5.96 Å². The third kappa shape index (κ3) is 3.69. The molecular weight excluding hydrogens is 374 g/mol. The molecular formula is C11H17N7O7S. The van der Waals surface area contributed by atoms with Gasteiger partial charge in [-0.05, 0) is 12.8 Å². The molecule has 144 valence electrons. The van der Waals surface area contributed by atoms with Crippen LogP contribution in [0, 0.1) is 5.41 Å². The number of aromatic nitrogens is 2. The predicted molar refractivity (Wildman–Crippen MR) is 80.8 cm³/mol. The zero-order chi connectivity index (χ0) is 19.1. The van der Waals surface area contributed by atoms with Gasteiger partial charge >= 0.3 is 7.46 Å². The summed E-state index contributed by atoms with van der Waals surface area (Å²) in [5.41, 5.74) is 5.12. The van der Waals surface area contributed by atoms with Crippen molar-refractivity contribution in [1.29, 1.82) is 5.41 Å². The van der Waals surface area contributed by atoms with Crippen molar-refractivity contribution >= 4 is 22.4 Å². The number of nitrogens with two attached hydrogens (primary N) is 1. The van der Waals surface area contributed by atoms with Crippen molar-refractivity contribution in [1.82, 2.24) is 25.5 Å². The minimum atomic E-state index is -5.07. The van der Waals surface area contributed by atoms with Crippen LogP contribution < -0.4 is 11.1 Å². The number of guanidine groups is 1. The lowest BCUT2D eigenvalue weighted by molar-refractivity contribution is -0.0328. The highest BCUT2D eigenvalue weighted by Gasteiger charge is 2.48. The Hall–Kier alpha value is -2.49. The smallest absolute Gasteiger partial charge is 0.724 e. The summed E-state index contributed by atoms with van der Waals surface area (Å²) in [7, 11) is -5.07.